The highest BCUT2D eigenvalue weighted by atomic mass is 35.5. The smallest absolute Gasteiger partial charge is 0.288 e. The molecule has 0 aliphatic rings. The summed E-state index contributed by atoms with van der Waals surface area (Å²) in [4.78, 5) is 24.0. The topological polar surface area (TPSA) is 63.5 Å². The van der Waals surface area contributed by atoms with Gasteiger partial charge in [0.15, 0.2) is 0 Å². The maximum absolute atomic E-state index is 12.3. The molecule has 0 radical (unpaired) electrons. The van der Waals surface area contributed by atoms with Gasteiger partial charge in [0, 0.05) is 19.7 Å². The third-order valence-corrected chi connectivity index (χ3v) is 3.88. The molecule has 0 fully saturated rings. The molecule has 5 nitrogen and oxygen atoms in total. The summed E-state index contributed by atoms with van der Waals surface area (Å²) in [6, 6.07) is 6.14. The minimum absolute atomic E-state index is 0.125. The van der Waals surface area contributed by atoms with Crippen molar-refractivity contribution in [2.75, 3.05) is 7.05 Å². The molecule has 1 heterocycles. The van der Waals surface area contributed by atoms with Crippen molar-refractivity contribution in [2.45, 2.75) is 6.54 Å². The van der Waals surface area contributed by atoms with Gasteiger partial charge in [-0.2, -0.15) is 11.3 Å². The molecule has 2 rings (SSSR count). The lowest BCUT2D eigenvalue weighted by molar-refractivity contribution is -0.384. The van der Waals surface area contributed by atoms with Crippen LogP contribution < -0.4 is 0 Å². The number of hydrogen-bond donors (Lipinski definition) is 0. The van der Waals surface area contributed by atoms with Gasteiger partial charge in [0.05, 0.1) is 10.5 Å². The summed E-state index contributed by atoms with van der Waals surface area (Å²) in [5.74, 6) is -0.343. The van der Waals surface area contributed by atoms with Crippen molar-refractivity contribution in [3.63, 3.8) is 0 Å². The van der Waals surface area contributed by atoms with Gasteiger partial charge in [0.25, 0.3) is 11.6 Å². The third-order valence-electron chi connectivity index (χ3n) is 2.75. The second kappa shape index (κ2) is 6.02. The highest BCUT2D eigenvalue weighted by Crippen LogP contribution is 2.28. The first kappa shape index (κ1) is 14.5. The van der Waals surface area contributed by atoms with E-state index in [0.717, 1.165) is 5.56 Å². The molecule has 0 saturated carbocycles. The van der Waals surface area contributed by atoms with E-state index in [1.807, 2.05) is 16.8 Å². The van der Waals surface area contributed by atoms with Gasteiger partial charge in [-0.1, -0.05) is 17.7 Å². The Bertz CT molecular complexity index is 643. The predicted molar refractivity (Wildman–Crippen MR) is 78.2 cm³/mol. The molecule has 0 spiro atoms. The minimum atomic E-state index is -0.599. The summed E-state index contributed by atoms with van der Waals surface area (Å²) in [5.41, 5.74) is 0.882. The second-order valence-electron chi connectivity index (χ2n) is 4.19. The van der Waals surface area contributed by atoms with Gasteiger partial charge >= 0.3 is 0 Å². The van der Waals surface area contributed by atoms with Crippen molar-refractivity contribution in [1.29, 1.82) is 0 Å². The normalized spacial score (nSPS) is 10.3. The first-order valence-corrected chi connectivity index (χ1v) is 7.02. The van der Waals surface area contributed by atoms with E-state index in [4.69, 9.17) is 11.6 Å². The molecule has 1 aromatic carbocycles. The van der Waals surface area contributed by atoms with E-state index in [2.05, 4.69) is 0 Å². The van der Waals surface area contributed by atoms with Crippen molar-refractivity contribution < 1.29 is 9.72 Å². The summed E-state index contributed by atoms with van der Waals surface area (Å²) in [5, 5.41) is 14.6. The van der Waals surface area contributed by atoms with Gasteiger partial charge in [-0.3, -0.25) is 14.9 Å². The van der Waals surface area contributed by atoms with Crippen LogP contribution in [0.1, 0.15) is 15.9 Å². The zero-order chi connectivity index (χ0) is 14.7. The van der Waals surface area contributed by atoms with E-state index in [0.29, 0.717) is 6.54 Å². The fraction of sp³-hybridized carbons (Fsp3) is 0.154. The average molecular weight is 311 g/mol. The number of amides is 1. The number of benzene rings is 1. The standard InChI is InChI=1S/C13H11ClN2O3S/c1-15(7-9-5-6-20-8-9)13(17)10-3-2-4-11(12(10)14)16(18)19/h2-6,8H,7H2,1H3. The number of carbonyl (C=O) groups is 1. The van der Waals surface area contributed by atoms with E-state index in [1.54, 1.807) is 18.4 Å². The van der Waals surface area contributed by atoms with E-state index < -0.39 is 4.92 Å². The first-order chi connectivity index (χ1) is 9.50. The predicted octanol–water partition coefficient (Wildman–Crippen LogP) is 3.58. The fourth-order valence-electron chi connectivity index (χ4n) is 1.76. The molecular weight excluding hydrogens is 300 g/mol. The molecule has 20 heavy (non-hydrogen) atoms. The van der Waals surface area contributed by atoms with Crippen LogP contribution in [0.3, 0.4) is 0 Å². The minimum Gasteiger partial charge on any atom is -0.337 e. The Hall–Kier alpha value is -1.92. The van der Waals surface area contributed by atoms with Crippen LogP contribution in [0.5, 0.6) is 0 Å². The number of thiophene rings is 1. The number of nitro groups is 1. The molecule has 0 aliphatic heterocycles. The molecule has 0 atom stereocenters. The molecule has 2 aromatic rings. The van der Waals surface area contributed by atoms with Gasteiger partial charge in [-0.05, 0) is 28.5 Å². The number of nitrogens with zero attached hydrogens (tertiary/aromatic N) is 2. The van der Waals surface area contributed by atoms with Gasteiger partial charge in [-0.15, -0.1) is 0 Å². The van der Waals surface area contributed by atoms with E-state index in [1.165, 1.54) is 23.1 Å². The Morgan fingerprint density at radius 1 is 1.45 bits per heavy atom. The summed E-state index contributed by atoms with van der Waals surface area (Å²) in [6.45, 7) is 0.432. The molecule has 0 bridgehead atoms. The molecule has 7 heteroatoms. The monoisotopic (exact) mass is 310 g/mol. The van der Waals surface area contributed by atoms with Crippen LogP contribution in [-0.4, -0.2) is 22.8 Å². The molecule has 1 aromatic heterocycles. The number of hydrogen-bond acceptors (Lipinski definition) is 4. The summed E-state index contributed by atoms with van der Waals surface area (Å²) >= 11 is 7.48. The summed E-state index contributed by atoms with van der Waals surface area (Å²) in [6.07, 6.45) is 0. The lowest BCUT2D eigenvalue weighted by Gasteiger charge is -2.17. The number of carbonyl (C=O) groups excluding carboxylic acids is 1. The van der Waals surface area contributed by atoms with Gasteiger partial charge in [-0.25, -0.2) is 0 Å². The fourth-order valence-corrected chi connectivity index (χ4v) is 2.70. The SMILES string of the molecule is CN(Cc1ccsc1)C(=O)c1cccc([N+](=O)[O-])c1Cl. The van der Waals surface area contributed by atoms with E-state index >= 15 is 0 Å². The van der Waals surface area contributed by atoms with Gasteiger partial charge in [0.2, 0.25) is 0 Å². The van der Waals surface area contributed by atoms with Crippen LogP contribution in [0.15, 0.2) is 35.0 Å². The lowest BCUT2D eigenvalue weighted by atomic mass is 10.1. The third kappa shape index (κ3) is 2.97. The van der Waals surface area contributed by atoms with Gasteiger partial charge < -0.3 is 4.90 Å². The average Bonchev–Trinajstić information content (AvgIpc) is 2.90. The lowest BCUT2D eigenvalue weighted by Crippen LogP contribution is -2.26. The highest BCUT2D eigenvalue weighted by molar-refractivity contribution is 7.07. The molecule has 0 N–H and O–H groups in total. The van der Waals surface area contributed by atoms with Crippen molar-refractivity contribution >= 4 is 34.5 Å². The van der Waals surface area contributed by atoms with Gasteiger partial charge in [0.1, 0.15) is 5.02 Å². The summed E-state index contributed by atoms with van der Waals surface area (Å²) < 4.78 is 0. The van der Waals surface area contributed by atoms with Crippen LogP contribution >= 0.6 is 22.9 Å². The highest BCUT2D eigenvalue weighted by Gasteiger charge is 2.22. The number of halogens is 1. The maximum atomic E-state index is 12.3. The van der Waals surface area contributed by atoms with Crippen LogP contribution in [0, 0.1) is 10.1 Å². The number of rotatable bonds is 4. The molecule has 0 aliphatic carbocycles. The number of nitro benzene ring substituents is 1. The Morgan fingerprint density at radius 3 is 2.80 bits per heavy atom. The Labute approximate surface area is 124 Å². The van der Waals surface area contributed by atoms with E-state index in [9.17, 15) is 14.9 Å². The van der Waals surface area contributed by atoms with Crippen molar-refractivity contribution in [3.8, 4) is 0 Å². The molecule has 104 valence electrons. The first-order valence-electron chi connectivity index (χ1n) is 5.70. The van der Waals surface area contributed by atoms with Crippen molar-refractivity contribution in [3.05, 3.63) is 61.3 Å². The van der Waals surface area contributed by atoms with E-state index in [-0.39, 0.29) is 22.2 Å². The Kier molecular flexibility index (Phi) is 4.36. The van der Waals surface area contributed by atoms with Crippen LogP contribution in [-0.2, 0) is 6.54 Å². The molecule has 1 amide bonds. The maximum Gasteiger partial charge on any atom is 0.288 e. The Balaban J connectivity index is 2.25. The quantitative estimate of drug-likeness (QED) is 0.640. The van der Waals surface area contributed by atoms with Crippen LogP contribution in [0.4, 0.5) is 5.69 Å². The Morgan fingerprint density at radius 2 is 2.20 bits per heavy atom. The molecule has 0 saturated heterocycles. The van der Waals surface area contributed by atoms with Crippen LogP contribution in [0.2, 0.25) is 5.02 Å². The van der Waals surface area contributed by atoms with Crippen molar-refractivity contribution in [2.24, 2.45) is 0 Å². The van der Waals surface area contributed by atoms with Crippen molar-refractivity contribution in [1.82, 2.24) is 4.90 Å². The molecular formula is C13H11ClN2O3S. The van der Waals surface area contributed by atoms with Crippen LogP contribution in [0.25, 0.3) is 0 Å². The summed E-state index contributed by atoms with van der Waals surface area (Å²) in [7, 11) is 1.63. The zero-order valence-corrected chi connectivity index (χ0v) is 12.1. The molecule has 0 unspecified atom stereocenters. The second-order valence-corrected chi connectivity index (χ2v) is 5.35. The zero-order valence-electron chi connectivity index (χ0n) is 10.6. The largest absolute Gasteiger partial charge is 0.337 e.